The van der Waals surface area contributed by atoms with Gasteiger partial charge in [0, 0.05) is 40.4 Å². The summed E-state index contributed by atoms with van der Waals surface area (Å²) in [7, 11) is 0. The minimum atomic E-state index is -0.000480. The Hall–Kier alpha value is -5.16. The zero-order chi connectivity index (χ0) is 36.7. The molecule has 0 saturated carbocycles. The Balaban J connectivity index is 1.30. The summed E-state index contributed by atoms with van der Waals surface area (Å²) < 4.78 is 11.1. The predicted molar refractivity (Wildman–Crippen MR) is 218 cm³/mol. The number of aryl methyl sites for hydroxylation is 2. The van der Waals surface area contributed by atoms with Gasteiger partial charge in [-0.15, -0.1) is 0 Å². The Labute approximate surface area is 309 Å². The second-order valence-corrected chi connectivity index (χ2v) is 16.1. The average molecular weight is 689 g/mol. The first-order valence-electron chi connectivity index (χ1n) is 18.8. The third kappa shape index (κ3) is 7.01. The molecular formula is C47H52N4O. The lowest BCUT2D eigenvalue weighted by molar-refractivity contribution is 0.482. The summed E-state index contributed by atoms with van der Waals surface area (Å²) in [6.07, 6.45) is 5.65. The monoisotopic (exact) mass is 688 g/mol. The van der Waals surface area contributed by atoms with Crippen molar-refractivity contribution in [3.8, 4) is 34.1 Å². The molecule has 0 amide bonds. The second kappa shape index (κ2) is 14.1. The van der Waals surface area contributed by atoms with Crippen LogP contribution < -0.4 is 4.74 Å². The van der Waals surface area contributed by atoms with Crippen LogP contribution in [0.1, 0.15) is 94.8 Å². The van der Waals surface area contributed by atoms with Gasteiger partial charge in [0.25, 0.3) is 0 Å². The molecule has 0 aliphatic rings. The van der Waals surface area contributed by atoms with Crippen LogP contribution in [-0.4, -0.2) is 19.3 Å². The van der Waals surface area contributed by atoms with Crippen molar-refractivity contribution in [3.05, 3.63) is 131 Å². The number of nitrogens with zero attached hydrogens (tertiary/aromatic N) is 4. The summed E-state index contributed by atoms with van der Waals surface area (Å²) in [4.78, 5) is 4.93. The van der Waals surface area contributed by atoms with Crippen LogP contribution in [0.25, 0.3) is 44.4 Å². The van der Waals surface area contributed by atoms with E-state index >= 15 is 0 Å². The molecule has 0 spiro atoms. The number of rotatable bonds is 10. The van der Waals surface area contributed by atoms with Gasteiger partial charge in [-0.25, -0.2) is 9.67 Å². The van der Waals surface area contributed by atoms with E-state index in [1.165, 1.54) is 52.3 Å². The highest BCUT2D eigenvalue weighted by Gasteiger charge is 2.20. The Kier molecular flexibility index (Phi) is 9.56. The zero-order valence-electron chi connectivity index (χ0n) is 32.3. The molecule has 7 aromatic rings. The van der Waals surface area contributed by atoms with Crippen LogP contribution in [0, 0.1) is 26.7 Å². The Morgan fingerprint density at radius 2 is 1.52 bits per heavy atom. The van der Waals surface area contributed by atoms with Crippen molar-refractivity contribution < 1.29 is 4.74 Å². The maximum absolute atomic E-state index is 6.71. The molecule has 1 atom stereocenters. The summed E-state index contributed by atoms with van der Waals surface area (Å²) >= 11 is 0. The molecule has 5 nitrogen and oxygen atoms in total. The van der Waals surface area contributed by atoms with Crippen LogP contribution in [0.3, 0.4) is 0 Å². The van der Waals surface area contributed by atoms with E-state index < -0.39 is 0 Å². The minimum absolute atomic E-state index is 0.000480. The van der Waals surface area contributed by atoms with Gasteiger partial charge in [0.2, 0.25) is 0 Å². The first-order valence-corrected chi connectivity index (χ1v) is 18.8. The minimum Gasteiger partial charge on any atom is -0.457 e. The molecule has 0 fully saturated rings. The van der Waals surface area contributed by atoms with Crippen molar-refractivity contribution in [3.63, 3.8) is 0 Å². The smallest absolute Gasteiger partial charge is 0.137 e. The lowest BCUT2D eigenvalue weighted by atomic mass is 9.88. The highest BCUT2D eigenvalue weighted by Crippen LogP contribution is 2.38. The molecule has 0 aliphatic heterocycles. The molecule has 7 rings (SSSR count). The Morgan fingerprint density at radius 3 is 2.27 bits per heavy atom. The number of pyridine rings is 1. The van der Waals surface area contributed by atoms with E-state index in [9.17, 15) is 0 Å². The molecule has 3 heterocycles. The summed E-state index contributed by atoms with van der Waals surface area (Å²) in [6, 6.07) is 34.7. The predicted octanol–water partition coefficient (Wildman–Crippen LogP) is 13.0. The van der Waals surface area contributed by atoms with Gasteiger partial charge in [0.15, 0.2) is 0 Å². The van der Waals surface area contributed by atoms with Crippen molar-refractivity contribution in [2.45, 2.75) is 92.9 Å². The fourth-order valence-electron chi connectivity index (χ4n) is 7.60. The van der Waals surface area contributed by atoms with Crippen LogP contribution in [0.5, 0.6) is 11.5 Å². The van der Waals surface area contributed by atoms with E-state index in [1.807, 2.05) is 16.9 Å². The van der Waals surface area contributed by atoms with Gasteiger partial charge in [0.1, 0.15) is 17.3 Å². The fraction of sp³-hybridized carbons (Fsp3) is 0.319. The van der Waals surface area contributed by atoms with E-state index in [0.717, 1.165) is 56.9 Å². The quantitative estimate of drug-likeness (QED) is 0.144. The van der Waals surface area contributed by atoms with Gasteiger partial charge < -0.3 is 4.74 Å². The van der Waals surface area contributed by atoms with E-state index in [0.29, 0.717) is 5.92 Å². The molecule has 0 N–H and O–H groups in total. The summed E-state index contributed by atoms with van der Waals surface area (Å²) in [5.74, 6) is 3.70. The van der Waals surface area contributed by atoms with E-state index in [4.69, 9.17) is 14.8 Å². The van der Waals surface area contributed by atoms with E-state index in [-0.39, 0.29) is 5.41 Å². The summed E-state index contributed by atoms with van der Waals surface area (Å²) in [5, 5.41) is 7.42. The van der Waals surface area contributed by atoms with Gasteiger partial charge in [0.05, 0.1) is 22.4 Å². The Morgan fingerprint density at radius 1 is 0.731 bits per heavy atom. The Bertz CT molecular complexity index is 2370. The normalized spacial score (nSPS) is 12.7. The molecule has 0 aliphatic carbocycles. The molecule has 3 aromatic heterocycles. The number of ether oxygens (including phenoxy) is 1. The van der Waals surface area contributed by atoms with Gasteiger partial charge >= 0.3 is 0 Å². The van der Waals surface area contributed by atoms with Gasteiger partial charge in [-0.1, -0.05) is 90.8 Å². The third-order valence-electron chi connectivity index (χ3n) is 10.5. The van der Waals surface area contributed by atoms with Crippen molar-refractivity contribution in [1.82, 2.24) is 19.3 Å². The highest BCUT2D eigenvalue weighted by atomic mass is 16.5. The number of hydrogen-bond donors (Lipinski definition) is 0. The summed E-state index contributed by atoms with van der Waals surface area (Å²) in [5.41, 5.74) is 11.4. The number of aromatic nitrogens is 4. The third-order valence-corrected chi connectivity index (χ3v) is 10.5. The highest BCUT2D eigenvalue weighted by molar-refractivity contribution is 6.09. The molecule has 52 heavy (non-hydrogen) atoms. The average Bonchev–Trinajstić information content (AvgIpc) is 3.59. The van der Waals surface area contributed by atoms with Crippen LogP contribution in [-0.2, 0) is 5.41 Å². The molecule has 5 heteroatoms. The van der Waals surface area contributed by atoms with Gasteiger partial charge in [-0.3, -0.25) is 4.57 Å². The molecule has 266 valence electrons. The number of fused-ring (bicyclic) bond motifs is 3. The topological polar surface area (TPSA) is 44.9 Å². The van der Waals surface area contributed by atoms with Crippen molar-refractivity contribution in [2.24, 2.45) is 5.92 Å². The summed E-state index contributed by atoms with van der Waals surface area (Å²) in [6.45, 7) is 20.1. The van der Waals surface area contributed by atoms with Crippen molar-refractivity contribution in [1.29, 1.82) is 0 Å². The van der Waals surface area contributed by atoms with Crippen LogP contribution in [0.15, 0.2) is 103 Å². The van der Waals surface area contributed by atoms with Crippen LogP contribution in [0.2, 0.25) is 0 Å². The maximum Gasteiger partial charge on any atom is 0.137 e. The molecule has 0 saturated heterocycles. The molecule has 4 aromatic carbocycles. The van der Waals surface area contributed by atoms with Crippen LogP contribution >= 0.6 is 0 Å². The first kappa shape index (κ1) is 35.3. The largest absolute Gasteiger partial charge is 0.457 e. The SMILES string of the molecule is Cc1cc(Oc2ccc3c4cc(C(C)CCCC(C)C)ccc4n(-c4cc(C(C)(C)C)ccn4)c3c2)cc(-n2nc(C)c(-c3ccccc3)c2C)c1. The molecular weight excluding hydrogens is 637 g/mol. The number of hydrogen-bond acceptors (Lipinski definition) is 3. The second-order valence-electron chi connectivity index (χ2n) is 16.1. The van der Waals surface area contributed by atoms with Crippen molar-refractivity contribution >= 4 is 21.8 Å². The lowest BCUT2D eigenvalue weighted by Gasteiger charge is -2.20. The zero-order valence-corrected chi connectivity index (χ0v) is 32.3. The molecule has 0 bridgehead atoms. The number of benzene rings is 4. The van der Waals surface area contributed by atoms with Gasteiger partial charge in [-0.2, -0.15) is 5.10 Å². The molecule has 0 radical (unpaired) electrons. The van der Waals surface area contributed by atoms with Gasteiger partial charge in [-0.05, 0) is 115 Å². The molecule has 1 unspecified atom stereocenters. The van der Waals surface area contributed by atoms with E-state index in [2.05, 4.69) is 158 Å². The standard InChI is InChI=1S/C47H52N4O/c1-30(2)14-13-15-32(4)36-18-21-43-42(26-36)41-20-19-39(29-44(41)50(43)45-27-37(22-23-48-45)47(7,8)9)52-40-25-31(3)24-38(28-40)51-34(6)46(33(5)49-51)35-16-11-10-12-17-35/h10-12,16-30,32H,13-15H2,1-9H3. The van der Waals surface area contributed by atoms with Crippen LogP contribution in [0.4, 0.5) is 0 Å². The van der Waals surface area contributed by atoms with E-state index in [1.54, 1.807) is 0 Å². The fourth-order valence-corrected chi connectivity index (χ4v) is 7.60. The van der Waals surface area contributed by atoms with Crippen molar-refractivity contribution in [2.75, 3.05) is 0 Å². The maximum atomic E-state index is 6.71. The lowest BCUT2D eigenvalue weighted by Crippen LogP contribution is -2.12. The first-order chi connectivity index (χ1) is 24.9.